The Labute approximate surface area is 385 Å². The molecule has 4 unspecified atom stereocenters. The quantitative estimate of drug-likeness (QED) is 0.0354. The molecule has 0 amide bonds. The molecule has 2 aromatic carbocycles. The van der Waals surface area contributed by atoms with Gasteiger partial charge in [-0.2, -0.15) is 0 Å². The Morgan fingerprint density at radius 2 is 1.16 bits per heavy atom. The lowest BCUT2D eigenvalue weighted by Gasteiger charge is -2.27. The molecule has 0 saturated carbocycles. The molecule has 2 aromatic rings. The molecular formula is C54H82O8P+. The van der Waals surface area contributed by atoms with Gasteiger partial charge in [0.25, 0.3) is 0 Å². The molecule has 2 saturated heterocycles. The second-order valence-corrected chi connectivity index (χ2v) is 17.0. The molecule has 0 radical (unpaired) electrons. The predicted molar refractivity (Wildman–Crippen MR) is 263 cm³/mol. The third-order valence-corrected chi connectivity index (χ3v) is 10.8. The Kier molecular flexibility index (Phi) is 31.9. The summed E-state index contributed by atoms with van der Waals surface area (Å²) in [5.74, 6) is 13.8. The normalized spacial score (nSPS) is 17.6. The van der Waals surface area contributed by atoms with E-state index < -0.39 is 12.2 Å². The monoisotopic (exact) mass is 890 g/mol. The first-order valence-corrected chi connectivity index (χ1v) is 25.6. The van der Waals surface area contributed by atoms with Gasteiger partial charge >= 0.3 is 0 Å². The van der Waals surface area contributed by atoms with Gasteiger partial charge < -0.3 is 38.6 Å². The van der Waals surface area contributed by atoms with Crippen molar-refractivity contribution in [3.8, 4) is 35.2 Å². The zero-order chi connectivity index (χ0) is 45.9. The van der Waals surface area contributed by atoms with Crippen LogP contribution in [0.5, 0.6) is 11.5 Å². The van der Waals surface area contributed by atoms with Gasteiger partial charge in [0.05, 0.1) is 39.8 Å². The number of allylic oxidation sites excluding steroid dienone is 2. The highest BCUT2D eigenvalue weighted by Crippen LogP contribution is 2.29. The molecule has 350 valence electrons. The van der Waals surface area contributed by atoms with Crippen LogP contribution in [0.25, 0.3) is 0 Å². The number of rotatable bonds is 24. The number of aliphatic hydroxyl groups is 2. The van der Waals surface area contributed by atoms with Crippen LogP contribution in [-0.4, -0.2) is 75.8 Å². The Bertz CT molecular complexity index is 1510. The lowest BCUT2D eigenvalue weighted by Crippen LogP contribution is -2.28. The molecule has 2 aliphatic heterocycles. The van der Waals surface area contributed by atoms with Crippen LogP contribution in [0.1, 0.15) is 157 Å². The average molecular weight is 890 g/mol. The summed E-state index contributed by atoms with van der Waals surface area (Å²) in [6.07, 6.45) is 21.8. The smallest absolute Gasteiger partial charge is 0.157 e. The summed E-state index contributed by atoms with van der Waals surface area (Å²) in [5.41, 5.74) is 3.43. The topological polar surface area (TPSA) is 95.8 Å². The molecule has 2 aliphatic rings. The van der Waals surface area contributed by atoms with E-state index in [1.807, 2.05) is 48.6 Å². The molecule has 0 aliphatic carbocycles. The number of hydrogen-bond donors (Lipinski definition) is 2. The second-order valence-electron chi connectivity index (χ2n) is 16.0. The molecule has 6 atom stereocenters. The summed E-state index contributed by atoms with van der Waals surface area (Å²) in [6, 6.07) is 11.3. The van der Waals surface area contributed by atoms with Crippen molar-refractivity contribution in [2.75, 3.05) is 40.8 Å². The van der Waals surface area contributed by atoms with E-state index in [2.05, 4.69) is 64.0 Å². The second kappa shape index (κ2) is 36.0. The van der Waals surface area contributed by atoms with Crippen molar-refractivity contribution in [1.82, 2.24) is 0 Å². The van der Waals surface area contributed by atoms with Gasteiger partial charge in [0.15, 0.2) is 12.6 Å². The lowest BCUT2D eigenvalue weighted by atomic mass is 9.98. The van der Waals surface area contributed by atoms with Gasteiger partial charge in [-0.3, -0.25) is 0 Å². The van der Waals surface area contributed by atoms with Crippen molar-refractivity contribution in [1.29, 1.82) is 0 Å². The first-order chi connectivity index (χ1) is 30.8. The van der Waals surface area contributed by atoms with Crippen molar-refractivity contribution in [3.05, 3.63) is 90.9 Å². The minimum atomic E-state index is -0.845. The maximum atomic E-state index is 10.6. The summed E-state index contributed by atoms with van der Waals surface area (Å²) in [7, 11) is 4.35. The molecule has 2 heterocycles. The SMILES string of the molecule is C=CCc1c(OC)cccc1C(O)C#CCC[C@H](CCCCC)OC1CCCCO1.C=CCc1c(OC)cccc1C(O)C#CCC[C@H](CCCC[CH2+])OC1CCCCO1.CPC. The average Bonchev–Trinajstić information content (AvgIpc) is 3.30. The van der Waals surface area contributed by atoms with Crippen LogP contribution < -0.4 is 9.47 Å². The lowest BCUT2D eigenvalue weighted by molar-refractivity contribution is -0.190. The fourth-order valence-electron chi connectivity index (χ4n) is 7.54. The molecular weight excluding hydrogens is 808 g/mol. The Morgan fingerprint density at radius 1 is 0.714 bits per heavy atom. The van der Waals surface area contributed by atoms with Crippen LogP contribution in [0, 0.1) is 30.6 Å². The van der Waals surface area contributed by atoms with Crippen LogP contribution >= 0.6 is 8.58 Å². The van der Waals surface area contributed by atoms with E-state index in [0.29, 0.717) is 25.7 Å². The van der Waals surface area contributed by atoms with Crippen LogP contribution in [-0.2, 0) is 31.8 Å². The van der Waals surface area contributed by atoms with Crippen LogP contribution in [0.3, 0.4) is 0 Å². The highest BCUT2D eigenvalue weighted by Gasteiger charge is 2.21. The maximum absolute atomic E-state index is 10.6. The predicted octanol–water partition coefficient (Wildman–Crippen LogP) is 12.2. The van der Waals surface area contributed by atoms with Crippen LogP contribution in [0.15, 0.2) is 61.7 Å². The molecule has 2 N–H and O–H groups in total. The molecule has 2 fully saturated rings. The Hall–Kier alpha value is -3.30. The molecule has 9 heteroatoms. The highest BCUT2D eigenvalue weighted by molar-refractivity contribution is 7.35. The summed E-state index contributed by atoms with van der Waals surface area (Å²) >= 11 is 0. The zero-order valence-corrected chi connectivity index (χ0v) is 40.6. The summed E-state index contributed by atoms with van der Waals surface area (Å²) in [4.78, 5) is 0. The van der Waals surface area contributed by atoms with E-state index in [1.54, 1.807) is 14.2 Å². The van der Waals surface area contributed by atoms with Gasteiger partial charge in [0, 0.05) is 37.2 Å². The van der Waals surface area contributed by atoms with E-state index in [9.17, 15) is 10.2 Å². The number of benzene rings is 2. The zero-order valence-electron chi connectivity index (χ0n) is 39.6. The van der Waals surface area contributed by atoms with E-state index in [-0.39, 0.29) is 24.8 Å². The number of hydrogen-bond acceptors (Lipinski definition) is 8. The van der Waals surface area contributed by atoms with Crippen LogP contribution in [0.4, 0.5) is 0 Å². The first-order valence-electron chi connectivity index (χ1n) is 23.6. The fraction of sp³-hybridized carbons (Fsp3) is 0.611. The largest absolute Gasteiger partial charge is 0.496 e. The maximum Gasteiger partial charge on any atom is 0.157 e. The molecule has 4 rings (SSSR count). The standard InChI is InChI=1S/C26H38O4.C26H37O4.C2H7P/c2*1-4-6-7-14-21(30-26-19-10-11-20-29-26)15-8-9-17-24(27)22-16-12-18-25(28-3)23(22)13-5-2;1-3-2/h5,12,16,18,21,24,26-27H,2,4,6-8,10-11,13-15,19-20H2,1,3H3;5,12,16,18,21,24,26-27H,1-2,4,6-8,10-11,13-15,19-20H2,3H3;3H,1-2H3/q;+1;/t2*21-,24?,26?;/m00./s1. The first kappa shape index (κ1) is 55.8. The number of aliphatic hydroxyl groups excluding tert-OH is 2. The third-order valence-electron chi connectivity index (χ3n) is 10.8. The van der Waals surface area contributed by atoms with Crippen molar-refractivity contribution < 1.29 is 38.6 Å². The van der Waals surface area contributed by atoms with Gasteiger partial charge in [0.1, 0.15) is 23.7 Å². The van der Waals surface area contributed by atoms with E-state index in [1.165, 1.54) is 25.7 Å². The van der Waals surface area contributed by atoms with Gasteiger partial charge in [-0.15, -0.1) is 33.6 Å². The van der Waals surface area contributed by atoms with Crippen molar-refractivity contribution in [2.45, 2.75) is 172 Å². The highest BCUT2D eigenvalue weighted by atomic mass is 31.1. The van der Waals surface area contributed by atoms with Crippen molar-refractivity contribution in [2.24, 2.45) is 0 Å². The molecule has 0 aromatic heterocycles. The van der Waals surface area contributed by atoms with Crippen molar-refractivity contribution >= 4 is 8.58 Å². The van der Waals surface area contributed by atoms with E-state index >= 15 is 0 Å². The number of unbranched alkanes of at least 4 members (excludes halogenated alkanes) is 4. The van der Waals surface area contributed by atoms with Gasteiger partial charge in [-0.1, -0.05) is 74.4 Å². The summed E-state index contributed by atoms with van der Waals surface area (Å²) in [6.45, 7) is 19.6. The van der Waals surface area contributed by atoms with Gasteiger partial charge in [-0.05, 0) is 126 Å². The van der Waals surface area contributed by atoms with E-state index in [4.69, 9.17) is 28.4 Å². The number of ether oxygens (including phenoxy) is 6. The molecule has 0 bridgehead atoms. The van der Waals surface area contributed by atoms with Crippen LogP contribution in [0.2, 0.25) is 0 Å². The summed E-state index contributed by atoms with van der Waals surface area (Å²) < 4.78 is 34.8. The van der Waals surface area contributed by atoms with Gasteiger partial charge in [-0.25, -0.2) is 0 Å². The van der Waals surface area contributed by atoms with Crippen molar-refractivity contribution in [3.63, 3.8) is 0 Å². The third kappa shape index (κ3) is 22.9. The molecule has 0 spiro atoms. The van der Waals surface area contributed by atoms with E-state index in [0.717, 1.165) is 133 Å². The Morgan fingerprint density at radius 3 is 1.52 bits per heavy atom. The summed E-state index contributed by atoms with van der Waals surface area (Å²) in [5, 5.41) is 21.3. The Balaban J connectivity index is 0.000000408. The minimum absolute atomic E-state index is 0.0674. The molecule has 8 nitrogen and oxygen atoms in total. The molecule has 63 heavy (non-hydrogen) atoms. The minimum Gasteiger partial charge on any atom is -0.496 e. The van der Waals surface area contributed by atoms with Gasteiger partial charge in [0.2, 0.25) is 0 Å². The number of methoxy groups -OCH3 is 2. The fourth-order valence-corrected chi connectivity index (χ4v) is 7.54.